The van der Waals surface area contributed by atoms with Crippen molar-refractivity contribution in [3.63, 3.8) is 0 Å². The number of aromatic nitrogens is 1. The van der Waals surface area contributed by atoms with Crippen LogP contribution in [-0.2, 0) is 9.53 Å². The molecule has 18 heavy (non-hydrogen) atoms. The van der Waals surface area contributed by atoms with Crippen molar-refractivity contribution < 1.29 is 19.4 Å². The number of carboxylic acid groups (broad SMARTS) is 1. The van der Waals surface area contributed by atoms with Crippen LogP contribution < -0.4 is 5.32 Å². The van der Waals surface area contributed by atoms with Crippen LogP contribution in [0.1, 0.15) is 30.1 Å². The van der Waals surface area contributed by atoms with Gasteiger partial charge in [-0.25, -0.2) is 4.79 Å². The van der Waals surface area contributed by atoms with E-state index in [1.807, 2.05) is 6.92 Å². The van der Waals surface area contributed by atoms with Gasteiger partial charge in [-0.15, -0.1) is 0 Å². The SMILES string of the molecule is CCCOCCC(=O)Nc1cncc(C(=O)O)c1. The number of pyridine rings is 1. The minimum Gasteiger partial charge on any atom is -0.478 e. The van der Waals surface area contributed by atoms with Crippen LogP contribution in [-0.4, -0.2) is 35.2 Å². The summed E-state index contributed by atoms with van der Waals surface area (Å²) in [4.78, 5) is 25.9. The van der Waals surface area contributed by atoms with E-state index in [1.165, 1.54) is 18.5 Å². The summed E-state index contributed by atoms with van der Waals surface area (Å²) in [5, 5.41) is 11.3. The van der Waals surface area contributed by atoms with Crippen molar-refractivity contribution in [3.05, 3.63) is 24.0 Å². The van der Waals surface area contributed by atoms with E-state index >= 15 is 0 Å². The number of aromatic carboxylic acids is 1. The lowest BCUT2D eigenvalue weighted by molar-refractivity contribution is -0.117. The first-order valence-corrected chi connectivity index (χ1v) is 5.69. The van der Waals surface area contributed by atoms with E-state index in [1.54, 1.807) is 0 Å². The summed E-state index contributed by atoms with van der Waals surface area (Å²) in [6, 6.07) is 1.36. The van der Waals surface area contributed by atoms with Gasteiger partial charge in [-0.3, -0.25) is 9.78 Å². The second kappa shape index (κ2) is 7.39. The molecule has 1 amide bonds. The summed E-state index contributed by atoms with van der Waals surface area (Å²) in [7, 11) is 0. The Hall–Kier alpha value is -1.95. The monoisotopic (exact) mass is 252 g/mol. The van der Waals surface area contributed by atoms with Crippen molar-refractivity contribution in [1.29, 1.82) is 0 Å². The smallest absolute Gasteiger partial charge is 0.337 e. The Kier molecular flexibility index (Phi) is 5.79. The van der Waals surface area contributed by atoms with Gasteiger partial charge in [-0.05, 0) is 12.5 Å². The van der Waals surface area contributed by atoms with Gasteiger partial charge < -0.3 is 15.2 Å². The zero-order chi connectivity index (χ0) is 13.4. The molecule has 0 fully saturated rings. The lowest BCUT2D eigenvalue weighted by atomic mass is 10.2. The van der Waals surface area contributed by atoms with Crippen molar-refractivity contribution in [2.75, 3.05) is 18.5 Å². The Morgan fingerprint density at radius 2 is 2.17 bits per heavy atom. The number of amides is 1. The first kappa shape index (κ1) is 14.1. The van der Waals surface area contributed by atoms with Crippen molar-refractivity contribution in [1.82, 2.24) is 4.98 Å². The predicted molar refractivity (Wildman–Crippen MR) is 65.6 cm³/mol. The molecule has 1 rings (SSSR count). The number of rotatable bonds is 7. The maximum absolute atomic E-state index is 11.5. The molecule has 0 bridgehead atoms. The van der Waals surface area contributed by atoms with E-state index in [9.17, 15) is 9.59 Å². The highest BCUT2D eigenvalue weighted by Crippen LogP contribution is 2.08. The van der Waals surface area contributed by atoms with E-state index in [2.05, 4.69) is 10.3 Å². The van der Waals surface area contributed by atoms with Crippen LogP contribution in [0.4, 0.5) is 5.69 Å². The summed E-state index contributed by atoms with van der Waals surface area (Å²) >= 11 is 0. The minimum atomic E-state index is -1.08. The van der Waals surface area contributed by atoms with E-state index < -0.39 is 5.97 Å². The number of hydrogen-bond donors (Lipinski definition) is 2. The van der Waals surface area contributed by atoms with Gasteiger partial charge in [0.05, 0.1) is 30.5 Å². The molecule has 0 saturated heterocycles. The Morgan fingerprint density at radius 3 is 2.83 bits per heavy atom. The zero-order valence-electron chi connectivity index (χ0n) is 10.2. The molecular formula is C12H16N2O4. The maximum Gasteiger partial charge on any atom is 0.337 e. The van der Waals surface area contributed by atoms with Crippen LogP contribution >= 0.6 is 0 Å². The molecule has 2 N–H and O–H groups in total. The van der Waals surface area contributed by atoms with Gasteiger partial charge >= 0.3 is 5.97 Å². The van der Waals surface area contributed by atoms with Crippen molar-refractivity contribution in [2.45, 2.75) is 19.8 Å². The molecule has 0 aromatic carbocycles. The molecular weight excluding hydrogens is 236 g/mol. The van der Waals surface area contributed by atoms with Crippen molar-refractivity contribution >= 4 is 17.6 Å². The van der Waals surface area contributed by atoms with Gasteiger partial charge in [0, 0.05) is 12.8 Å². The molecule has 0 unspecified atom stereocenters. The second-order valence-corrected chi connectivity index (χ2v) is 3.68. The summed E-state index contributed by atoms with van der Waals surface area (Å²) in [5.41, 5.74) is 0.408. The fourth-order valence-corrected chi connectivity index (χ4v) is 1.26. The molecule has 6 nitrogen and oxygen atoms in total. The quantitative estimate of drug-likeness (QED) is 0.718. The first-order chi connectivity index (χ1) is 8.63. The third-order valence-electron chi connectivity index (χ3n) is 2.09. The Labute approximate surface area is 105 Å². The molecule has 0 aliphatic rings. The third kappa shape index (κ3) is 4.92. The largest absolute Gasteiger partial charge is 0.478 e. The molecule has 1 heterocycles. The second-order valence-electron chi connectivity index (χ2n) is 3.68. The molecule has 0 radical (unpaired) electrons. The highest BCUT2D eigenvalue weighted by atomic mass is 16.5. The fourth-order valence-electron chi connectivity index (χ4n) is 1.26. The number of carboxylic acids is 1. The van der Waals surface area contributed by atoms with Crippen LogP contribution in [0.15, 0.2) is 18.5 Å². The van der Waals surface area contributed by atoms with E-state index in [-0.39, 0.29) is 17.9 Å². The molecule has 0 saturated carbocycles. The van der Waals surface area contributed by atoms with Crippen LogP contribution in [0.5, 0.6) is 0 Å². The van der Waals surface area contributed by atoms with E-state index in [0.717, 1.165) is 6.42 Å². The standard InChI is InChI=1S/C12H16N2O4/c1-2-4-18-5-3-11(15)14-10-6-9(12(16)17)7-13-8-10/h6-8H,2-5H2,1H3,(H,14,15)(H,16,17). The van der Waals surface area contributed by atoms with Crippen LogP contribution in [0.3, 0.4) is 0 Å². The highest BCUT2D eigenvalue weighted by Gasteiger charge is 2.06. The molecule has 0 aliphatic carbocycles. The van der Waals surface area contributed by atoms with Crippen LogP contribution in [0, 0.1) is 0 Å². The number of carbonyl (C=O) groups is 2. The summed E-state index contributed by atoms with van der Waals surface area (Å²) in [6.07, 6.45) is 3.77. The first-order valence-electron chi connectivity index (χ1n) is 5.69. The van der Waals surface area contributed by atoms with Gasteiger partial charge in [0.15, 0.2) is 0 Å². The molecule has 0 atom stereocenters. The minimum absolute atomic E-state index is 0.0371. The molecule has 1 aromatic heterocycles. The number of nitrogens with zero attached hydrogens (tertiary/aromatic N) is 1. The van der Waals surface area contributed by atoms with Crippen LogP contribution in [0.2, 0.25) is 0 Å². The molecule has 1 aromatic rings. The lowest BCUT2D eigenvalue weighted by Crippen LogP contribution is -2.15. The Bertz CT molecular complexity index is 420. The average Bonchev–Trinajstić information content (AvgIpc) is 2.35. The topological polar surface area (TPSA) is 88.5 Å². The highest BCUT2D eigenvalue weighted by molar-refractivity contribution is 5.93. The number of ether oxygens (including phenoxy) is 1. The maximum atomic E-state index is 11.5. The number of nitrogens with one attached hydrogen (secondary N) is 1. The summed E-state index contributed by atoms with van der Waals surface area (Å²) < 4.78 is 5.18. The normalized spacial score (nSPS) is 10.1. The molecule has 0 aliphatic heterocycles. The average molecular weight is 252 g/mol. The zero-order valence-corrected chi connectivity index (χ0v) is 10.2. The van der Waals surface area contributed by atoms with Crippen LogP contribution in [0.25, 0.3) is 0 Å². The van der Waals surface area contributed by atoms with Gasteiger partial charge in [-0.2, -0.15) is 0 Å². The summed E-state index contributed by atoms with van der Waals surface area (Å²) in [5.74, 6) is -1.31. The molecule has 6 heteroatoms. The van der Waals surface area contributed by atoms with E-state index in [0.29, 0.717) is 18.9 Å². The molecule has 0 spiro atoms. The van der Waals surface area contributed by atoms with E-state index in [4.69, 9.17) is 9.84 Å². The third-order valence-corrected chi connectivity index (χ3v) is 2.09. The predicted octanol–water partition coefficient (Wildman–Crippen LogP) is 1.53. The fraction of sp³-hybridized carbons (Fsp3) is 0.417. The van der Waals surface area contributed by atoms with Crippen molar-refractivity contribution in [3.8, 4) is 0 Å². The van der Waals surface area contributed by atoms with Crippen molar-refractivity contribution in [2.24, 2.45) is 0 Å². The lowest BCUT2D eigenvalue weighted by Gasteiger charge is -2.05. The van der Waals surface area contributed by atoms with Gasteiger partial charge in [0.2, 0.25) is 5.91 Å². The summed E-state index contributed by atoms with van der Waals surface area (Å²) in [6.45, 7) is 2.97. The van der Waals surface area contributed by atoms with Gasteiger partial charge in [0.25, 0.3) is 0 Å². The number of carbonyl (C=O) groups excluding carboxylic acids is 1. The number of hydrogen-bond acceptors (Lipinski definition) is 4. The Morgan fingerprint density at radius 1 is 1.39 bits per heavy atom. The van der Waals surface area contributed by atoms with Gasteiger partial charge in [-0.1, -0.05) is 6.92 Å². The van der Waals surface area contributed by atoms with Gasteiger partial charge in [0.1, 0.15) is 0 Å². The Balaban J connectivity index is 2.44. The number of anilines is 1. The molecule has 98 valence electrons.